The van der Waals surface area contributed by atoms with Gasteiger partial charge in [-0.1, -0.05) is 18.2 Å². The Kier molecular flexibility index (Phi) is 3.07. The van der Waals surface area contributed by atoms with Crippen molar-refractivity contribution in [2.75, 3.05) is 4.90 Å². The number of rotatable bonds is 0. The van der Waals surface area contributed by atoms with E-state index >= 15 is 0 Å². The second-order valence-corrected chi connectivity index (χ2v) is 7.31. The van der Waals surface area contributed by atoms with Crippen molar-refractivity contribution >= 4 is 11.6 Å². The van der Waals surface area contributed by atoms with E-state index in [1.807, 2.05) is 41.4 Å². The Bertz CT molecular complexity index is 847. The molecule has 5 rings (SSSR count). The van der Waals surface area contributed by atoms with E-state index < -0.39 is 23.5 Å². The molecule has 26 heavy (non-hydrogen) atoms. The molecule has 4 nitrogen and oxygen atoms in total. The number of alkyl halides is 3. The van der Waals surface area contributed by atoms with E-state index in [4.69, 9.17) is 4.74 Å². The van der Waals surface area contributed by atoms with Crippen molar-refractivity contribution in [1.82, 2.24) is 4.90 Å². The van der Waals surface area contributed by atoms with Crippen LogP contribution >= 0.6 is 0 Å². The van der Waals surface area contributed by atoms with Crippen molar-refractivity contribution in [1.29, 1.82) is 0 Å². The van der Waals surface area contributed by atoms with Crippen molar-refractivity contribution in [2.45, 2.75) is 43.9 Å². The highest BCUT2D eigenvalue weighted by atomic mass is 19.4. The molecular formula is C19H17F3N2O2. The third-order valence-corrected chi connectivity index (χ3v) is 6.15. The minimum Gasteiger partial charge on any atom is -0.461 e. The number of anilines is 1. The summed E-state index contributed by atoms with van der Waals surface area (Å²) in [5, 5.41) is 0. The summed E-state index contributed by atoms with van der Waals surface area (Å²) >= 11 is 0. The van der Waals surface area contributed by atoms with Gasteiger partial charge >= 0.3 is 12.1 Å². The van der Waals surface area contributed by atoms with Crippen molar-refractivity contribution in [2.24, 2.45) is 5.41 Å². The lowest BCUT2D eigenvalue weighted by molar-refractivity contribution is -0.192. The van der Waals surface area contributed by atoms with Gasteiger partial charge in [-0.3, -0.25) is 4.79 Å². The summed E-state index contributed by atoms with van der Waals surface area (Å²) in [5.74, 6) is -1.00. The van der Waals surface area contributed by atoms with Gasteiger partial charge in [0.1, 0.15) is 6.26 Å². The zero-order valence-corrected chi connectivity index (χ0v) is 13.9. The highest BCUT2D eigenvalue weighted by Gasteiger charge is 2.60. The number of carbonyl (C=O) groups excluding carboxylic acids is 1. The summed E-state index contributed by atoms with van der Waals surface area (Å²) in [4.78, 5) is 15.2. The van der Waals surface area contributed by atoms with E-state index in [-0.39, 0.29) is 6.04 Å². The van der Waals surface area contributed by atoms with Gasteiger partial charge in [-0.15, -0.1) is 0 Å². The molecule has 0 saturated carbocycles. The quantitative estimate of drug-likeness (QED) is 0.700. The van der Waals surface area contributed by atoms with Crippen molar-refractivity contribution in [3.63, 3.8) is 0 Å². The van der Waals surface area contributed by atoms with Gasteiger partial charge < -0.3 is 14.5 Å². The first-order chi connectivity index (χ1) is 12.4. The first-order valence-electron chi connectivity index (χ1n) is 8.76. The predicted octanol–water partition coefficient (Wildman–Crippen LogP) is 3.96. The molecule has 4 aliphatic heterocycles. The SMILES string of the molecule is O=C(N1C2CCC1C1(C=CN3C1=COc1ccccc13)CC2)C(F)(F)F. The molecule has 0 N–H and O–H groups in total. The first-order valence-corrected chi connectivity index (χ1v) is 8.76. The second kappa shape index (κ2) is 5.05. The van der Waals surface area contributed by atoms with Crippen LogP contribution in [-0.4, -0.2) is 29.1 Å². The molecule has 136 valence electrons. The first kappa shape index (κ1) is 15.8. The van der Waals surface area contributed by atoms with E-state index in [2.05, 4.69) is 0 Å². The lowest BCUT2D eigenvalue weighted by Gasteiger charge is -2.48. The highest BCUT2D eigenvalue weighted by Crippen LogP contribution is 2.57. The van der Waals surface area contributed by atoms with Crippen LogP contribution in [0.25, 0.3) is 0 Å². The van der Waals surface area contributed by atoms with Gasteiger partial charge in [0.05, 0.1) is 16.8 Å². The van der Waals surface area contributed by atoms with Gasteiger partial charge in [-0.05, 0) is 37.8 Å². The molecule has 1 spiro atoms. The topological polar surface area (TPSA) is 32.8 Å². The minimum atomic E-state index is -4.84. The smallest absolute Gasteiger partial charge is 0.461 e. The maximum absolute atomic E-state index is 13.2. The van der Waals surface area contributed by atoms with E-state index in [9.17, 15) is 18.0 Å². The van der Waals surface area contributed by atoms with E-state index in [1.54, 1.807) is 6.26 Å². The number of nitrogens with zero attached hydrogens (tertiary/aromatic N) is 2. The van der Waals surface area contributed by atoms with E-state index in [0.717, 1.165) is 16.3 Å². The van der Waals surface area contributed by atoms with Gasteiger partial charge in [0.25, 0.3) is 0 Å². The molecule has 1 amide bonds. The van der Waals surface area contributed by atoms with Crippen LogP contribution in [0.3, 0.4) is 0 Å². The molecule has 1 aromatic carbocycles. The summed E-state index contributed by atoms with van der Waals surface area (Å²) < 4.78 is 45.2. The average molecular weight is 362 g/mol. The zero-order chi connectivity index (χ0) is 18.1. The molecule has 0 radical (unpaired) electrons. The molecule has 2 saturated heterocycles. The van der Waals surface area contributed by atoms with Crippen LogP contribution < -0.4 is 9.64 Å². The number of amides is 1. The molecule has 3 unspecified atom stereocenters. The van der Waals surface area contributed by atoms with Gasteiger partial charge in [0.2, 0.25) is 0 Å². The number of benzene rings is 1. The molecule has 3 atom stereocenters. The Hall–Kier alpha value is -2.44. The molecule has 0 aromatic heterocycles. The van der Waals surface area contributed by atoms with Gasteiger partial charge in [0, 0.05) is 18.3 Å². The summed E-state index contributed by atoms with van der Waals surface area (Å²) in [5.41, 5.74) is 1.06. The Morgan fingerprint density at radius 1 is 1.19 bits per heavy atom. The third kappa shape index (κ3) is 1.94. The van der Waals surface area contributed by atoms with Crippen molar-refractivity contribution in [3.05, 3.63) is 48.5 Å². The maximum Gasteiger partial charge on any atom is 0.471 e. The van der Waals surface area contributed by atoms with Crippen LogP contribution in [0.5, 0.6) is 5.75 Å². The van der Waals surface area contributed by atoms with Crippen LogP contribution in [0.2, 0.25) is 0 Å². The molecule has 2 fully saturated rings. The van der Waals surface area contributed by atoms with Crippen LogP contribution in [-0.2, 0) is 4.79 Å². The predicted molar refractivity (Wildman–Crippen MR) is 88.2 cm³/mol. The summed E-state index contributed by atoms with van der Waals surface area (Å²) in [7, 11) is 0. The lowest BCUT2D eigenvalue weighted by Crippen LogP contribution is -2.57. The average Bonchev–Trinajstić information content (AvgIpc) is 3.15. The van der Waals surface area contributed by atoms with E-state index in [1.165, 1.54) is 0 Å². The number of fused-ring (bicyclic) bond motifs is 7. The third-order valence-electron chi connectivity index (χ3n) is 6.15. The number of carbonyl (C=O) groups is 1. The molecule has 2 bridgehead atoms. The number of halogens is 3. The van der Waals surface area contributed by atoms with E-state index in [0.29, 0.717) is 31.4 Å². The molecule has 4 heterocycles. The van der Waals surface area contributed by atoms with Crippen LogP contribution in [0.4, 0.5) is 18.9 Å². The van der Waals surface area contributed by atoms with Crippen LogP contribution in [0.15, 0.2) is 48.5 Å². The zero-order valence-electron chi connectivity index (χ0n) is 13.9. The Morgan fingerprint density at radius 3 is 2.81 bits per heavy atom. The number of ether oxygens (including phenoxy) is 1. The van der Waals surface area contributed by atoms with Gasteiger partial charge in [-0.25, -0.2) is 0 Å². The molecular weight excluding hydrogens is 345 g/mol. The Labute approximate surface area is 148 Å². The largest absolute Gasteiger partial charge is 0.471 e. The second-order valence-electron chi connectivity index (χ2n) is 7.31. The monoisotopic (exact) mass is 362 g/mol. The maximum atomic E-state index is 13.2. The molecule has 1 aromatic rings. The highest BCUT2D eigenvalue weighted by molar-refractivity contribution is 5.83. The van der Waals surface area contributed by atoms with Crippen molar-refractivity contribution in [3.8, 4) is 5.75 Å². The number of hydrogen-bond acceptors (Lipinski definition) is 3. The van der Waals surface area contributed by atoms with Gasteiger partial charge in [-0.2, -0.15) is 13.2 Å². The fourth-order valence-electron chi connectivity index (χ4n) is 5.04. The Morgan fingerprint density at radius 2 is 2.00 bits per heavy atom. The fraction of sp³-hybridized carbons (Fsp3) is 0.421. The van der Waals surface area contributed by atoms with Crippen LogP contribution in [0, 0.1) is 5.41 Å². The summed E-state index contributed by atoms with van der Waals surface area (Å²) in [6.07, 6.45) is 3.14. The molecule has 7 heteroatoms. The fourth-order valence-corrected chi connectivity index (χ4v) is 5.04. The summed E-state index contributed by atoms with van der Waals surface area (Å²) in [6.45, 7) is 0. The number of para-hydroxylation sites is 2. The number of hydrogen-bond donors (Lipinski definition) is 0. The molecule has 4 aliphatic rings. The number of piperidine rings is 1. The van der Waals surface area contributed by atoms with Crippen molar-refractivity contribution < 1.29 is 22.7 Å². The normalized spacial score (nSPS) is 31.6. The standard InChI is InChI=1S/C19H17F3N2O2/c20-19(21,22)17(25)24-12-5-6-15(24)18(8-7-12)9-10-23-13-3-1-2-4-14(13)26-11-16(18)23/h1-4,9-12,15H,5-8H2. The molecule has 0 aliphatic carbocycles. The van der Waals surface area contributed by atoms with Gasteiger partial charge in [0.15, 0.2) is 5.75 Å². The minimum absolute atomic E-state index is 0.320. The van der Waals surface area contributed by atoms with Crippen LogP contribution in [0.1, 0.15) is 25.7 Å². The summed E-state index contributed by atoms with van der Waals surface area (Å²) in [6, 6.07) is 6.74. The Balaban J connectivity index is 1.56. The lowest BCUT2D eigenvalue weighted by atomic mass is 9.72.